The van der Waals surface area contributed by atoms with Gasteiger partial charge in [0.15, 0.2) is 0 Å². The van der Waals surface area contributed by atoms with E-state index in [0.29, 0.717) is 37.0 Å². The van der Waals surface area contributed by atoms with E-state index in [1.165, 1.54) is 11.1 Å². The van der Waals surface area contributed by atoms with Crippen LogP contribution in [0.4, 0.5) is 5.82 Å². The molecule has 0 saturated carbocycles. The molecule has 0 unspecified atom stereocenters. The Labute approximate surface area is 218 Å². The average molecular weight is 507 g/mol. The molecule has 9 heteroatoms. The van der Waals surface area contributed by atoms with Gasteiger partial charge in [0.05, 0.1) is 12.8 Å². The van der Waals surface area contributed by atoms with Gasteiger partial charge in [-0.15, -0.1) is 0 Å². The quantitative estimate of drug-likeness (QED) is 0.362. The summed E-state index contributed by atoms with van der Waals surface area (Å²) in [7, 11) is 0. The van der Waals surface area contributed by atoms with Crippen molar-refractivity contribution >= 4 is 17.6 Å². The molecule has 0 fully saturated rings. The summed E-state index contributed by atoms with van der Waals surface area (Å²) in [4.78, 5) is 37.9. The van der Waals surface area contributed by atoms with E-state index in [-0.39, 0.29) is 35.3 Å². The molecule has 37 heavy (non-hydrogen) atoms. The van der Waals surface area contributed by atoms with E-state index < -0.39 is 6.04 Å². The zero-order chi connectivity index (χ0) is 27.0. The molecule has 2 heterocycles. The lowest BCUT2D eigenvalue weighted by Crippen LogP contribution is -2.54. The molecule has 1 atom stereocenters. The minimum atomic E-state index is -0.848. The summed E-state index contributed by atoms with van der Waals surface area (Å²) in [5.74, 6) is 1.12. The standard InChI is InChI=1S/C28H38N6O3/c1-19(2)18-34(23(14-29)25(35)31-15-20-10-7-6-8-11-20)26(36)22-17-32-27(28(3,4)5)33-24(22)30-16-21-12-9-13-37-21/h6-13,17,19,23H,14-16,18,29H2,1-5H3,(H,31,35)(H,30,32,33)/t23-/m0/s1. The van der Waals surface area contributed by atoms with Crippen LogP contribution in [0.5, 0.6) is 0 Å². The molecular formula is C28H38N6O3. The van der Waals surface area contributed by atoms with Crippen molar-refractivity contribution in [2.45, 2.75) is 59.2 Å². The fourth-order valence-corrected chi connectivity index (χ4v) is 3.80. The third kappa shape index (κ3) is 7.63. The van der Waals surface area contributed by atoms with Crippen molar-refractivity contribution in [1.82, 2.24) is 20.2 Å². The Bertz CT molecular complexity index is 1160. The first-order valence-corrected chi connectivity index (χ1v) is 12.6. The second-order valence-corrected chi connectivity index (χ2v) is 10.4. The summed E-state index contributed by atoms with van der Waals surface area (Å²) in [5.41, 5.74) is 6.98. The molecule has 3 aromatic rings. The Morgan fingerprint density at radius 1 is 1.08 bits per heavy atom. The Hall–Kier alpha value is -3.72. The molecule has 0 radical (unpaired) electrons. The Morgan fingerprint density at radius 3 is 2.41 bits per heavy atom. The van der Waals surface area contributed by atoms with E-state index in [4.69, 9.17) is 10.2 Å². The first-order chi connectivity index (χ1) is 17.6. The highest BCUT2D eigenvalue weighted by Crippen LogP contribution is 2.24. The molecule has 9 nitrogen and oxygen atoms in total. The number of rotatable bonds is 11. The van der Waals surface area contributed by atoms with Crippen LogP contribution in [0.3, 0.4) is 0 Å². The normalized spacial score (nSPS) is 12.3. The monoisotopic (exact) mass is 506 g/mol. The van der Waals surface area contributed by atoms with Gasteiger partial charge in [-0.1, -0.05) is 65.0 Å². The second kappa shape index (κ2) is 12.5. The fourth-order valence-electron chi connectivity index (χ4n) is 3.80. The van der Waals surface area contributed by atoms with Crippen molar-refractivity contribution in [3.63, 3.8) is 0 Å². The van der Waals surface area contributed by atoms with Crippen LogP contribution in [0.2, 0.25) is 0 Å². The number of benzene rings is 1. The molecule has 2 amide bonds. The van der Waals surface area contributed by atoms with Gasteiger partial charge in [-0.3, -0.25) is 9.59 Å². The topological polar surface area (TPSA) is 126 Å². The van der Waals surface area contributed by atoms with Crippen LogP contribution in [0, 0.1) is 5.92 Å². The Kier molecular flexibility index (Phi) is 9.41. The minimum Gasteiger partial charge on any atom is -0.467 e. The maximum absolute atomic E-state index is 13.9. The van der Waals surface area contributed by atoms with Crippen LogP contribution in [0.25, 0.3) is 0 Å². The van der Waals surface area contributed by atoms with Crippen LogP contribution in [0.15, 0.2) is 59.3 Å². The molecule has 1 aromatic carbocycles. The SMILES string of the molecule is CC(C)CN(C(=O)c1cnc(C(C)(C)C)nc1NCc1ccco1)[C@@H](CN)C(=O)NCc1ccccc1. The smallest absolute Gasteiger partial charge is 0.259 e. The van der Waals surface area contributed by atoms with Crippen LogP contribution in [-0.2, 0) is 23.3 Å². The lowest BCUT2D eigenvalue weighted by atomic mass is 9.95. The number of aromatic nitrogens is 2. The number of amides is 2. The van der Waals surface area contributed by atoms with Crippen LogP contribution < -0.4 is 16.4 Å². The molecule has 0 aliphatic heterocycles. The molecule has 4 N–H and O–H groups in total. The van der Waals surface area contributed by atoms with Crippen molar-refractivity contribution in [2.75, 3.05) is 18.4 Å². The number of nitrogens with zero attached hydrogens (tertiary/aromatic N) is 3. The molecule has 198 valence electrons. The van der Waals surface area contributed by atoms with E-state index >= 15 is 0 Å². The first-order valence-electron chi connectivity index (χ1n) is 12.6. The minimum absolute atomic E-state index is 0.0187. The third-order valence-electron chi connectivity index (χ3n) is 5.73. The highest BCUT2D eigenvalue weighted by Gasteiger charge is 2.32. The number of carbonyl (C=O) groups excluding carboxylic acids is 2. The molecule has 3 rings (SSSR count). The molecule has 0 spiro atoms. The van der Waals surface area contributed by atoms with Crippen LogP contribution in [-0.4, -0.2) is 45.8 Å². The summed E-state index contributed by atoms with van der Waals surface area (Å²) in [5, 5.41) is 6.15. The van der Waals surface area contributed by atoms with Crippen molar-refractivity contribution in [2.24, 2.45) is 11.7 Å². The number of nitrogens with one attached hydrogen (secondary N) is 2. The lowest BCUT2D eigenvalue weighted by molar-refractivity contribution is -0.125. The summed E-state index contributed by atoms with van der Waals surface area (Å²) in [6, 6.07) is 12.4. The highest BCUT2D eigenvalue weighted by molar-refractivity contribution is 6.01. The number of anilines is 1. The summed E-state index contributed by atoms with van der Waals surface area (Å²) < 4.78 is 5.43. The van der Waals surface area contributed by atoms with E-state index in [0.717, 1.165) is 5.56 Å². The average Bonchev–Trinajstić information content (AvgIpc) is 3.39. The highest BCUT2D eigenvalue weighted by atomic mass is 16.3. The Morgan fingerprint density at radius 2 is 1.81 bits per heavy atom. The molecule has 0 bridgehead atoms. The number of nitrogens with two attached hydrogens (primary N) is 1. The number of furan rings is 1. The van der Waals surface area contributed by atoms with Gasteiger partial charge < -0.3 is 25.7 Å². The van der Waals surface area contributed by atoms with Crippen LogP contribution in [0.1, 0.15) is 62.1 Å². The lowest BCUT2D eigenvalue weighted by Gasteiger charge is -2.32. The van der Waals surface area contributed by atoms with E-state index in [2.05, 4.69) is 20.6 Å². The van der Waals surface area contributed by atoms with Gasteiger partial charge in [0.1, 0.15) is 29.0 Å². The summed E-state index contributed by atoms with van der Waals surface area (Å²) in [6.45, 7) is 11.0. The first kappa shape index (κ1) is 27.9. The zero-order valence-corrected chi connectivity index (χ0v) is 22.3. The predicted molar refractivity (Wildman–Crippen MR) is 144 cm³/mol. The fraction of sp³-hybridized carbons (Fsp3) is 0.429. The largest absolute Gasteiger partial charge is 0.467 e. The van der Waals surface area contributed by atoms with Gasteiger partial charge in [-0.05, 0) is 23.6 Å². The van der Waals surface area contributed by atoms with Crippen molar-refractivity contribution in [3.05, 3.63) is 77.6 Å². The molecule has 0 aliphatic rings. The molecular weight excluding hydrogens is 468 g/mol. The van der Waals surface area contributed by atoms with Gasteiger partial charge in [-0.25, -0.2) is 9.97 Å². The molecule has 0 saturated heterocycles. The van der Waals surface area contributed by atoms with Crippen molar-refractivity contribution in [3.8, 4) is 0 Å². The maximum atomic E-state index is 13.9. The van der Waals surface area contributed by atoms with Gasteiger partial charge in [-0.2, -0.15) is 0 Å². The summed E-state index contributed by atoms with van der Waals surface area (Å²) >= 11 is 0. The van der Waals surface area contributed by atoms with Crippen molar-refractivity contribution in [1.29, 1.82) is 0 Å². The number of hydrogen-bond acceptors (Lipinski definition) is 7. The Balaban J connectivity index is 1.91. The number of carbonyl (C=O) groups is 2. The van der Waals surface area contributed by atoms with E-state index in [1.54, 1.807) is 12.3 Å². The number of hydrogen-bond donors (Lipinski definition) is 3. The second-order valence-electron chi connectivity index (χ2n) is 10.4. The van der Waals surface area contributed by atoms with E-state index in [1.807, 2.05) is 71.0 Å². The molecule has 2 aromatic heterocycles. The molecule has 0 aliphatic carbocycles. The van der Waals surface area contributed by atoms with Gasteiger partial charge in [0.25, 0.3) is 5.91 Å². The predicted octanol–water partition coefficient (Wildman–Crippen LogP) is 3.72. The summed E-state index contributed by atoms with van der Waals surface area (Å²) in [6.07, 6.45) is 3.12. The van der Waals surface area contributed by atoms with Gasteiger partial charge >= 0.3 is 0 Å². The van der Waals surface area contributed by atoms with Gasteiger partial charge in [0.2, 0.25) is 5.91 Å². The van der Waals surface area contributed by atoms with Crippen LogP contribution >= 0.6 is 0 Å². The maximum Gasteiger partial charge on any atom is 0.259 e. The van der Waals surface area contributed by atoms with E-state index in [9.17, 15) is 9.59 Å². The van der Waals surface area contributed by atoms with Gasteiger partial charge in [0, 0.05) is 31.2 Å². The van der Waals surface area contributed by atoms with Crippen molar-refractivity contribution < 1.29 is 14.0 Å². The third-order valence-corrected chi connectivity index (χ3v) is 5.73. The zero-order valence-electron chi connectivity index (χ0n) is 22.3.